The Labute approximate surface area is 171 Å². The third kappa shape index (κ3) is 4.62. The second-order valence-corrected chi connectivity index (χ2v) is 7.88. The number of hydrogen-bond acceptors (Lipinski definition) is 6. The molecule has 2 heterocycles. The molecule has 0 fully saturated rings. The molecule has 0 unspecified atom stereocenters. The molecule has 1 aromatic carbocycles. The summed E-state index contributed by atoms with van der Waals surface area (Å²) in [6, 6.07) is 7.47. The van der Waals surface area contributed by atoms with Crippen molar-refractivity contribution in [2.45, 2.75) is 39.8 Å². The first-order valence-electron chi connectivity index (χ1n) is 9.09. The first kappa shape index (κ1) is 20.5. The van der Waals surface area contributed by atoms with Crippen molar-refractivity contribution < 1.29 is 14.3 Å². The number of nitrogens with one attached hydrogen (secondary N) is 3. The lowest BCUT2D eigenvalue weighted by atomic mass is 10.2. The highest BCUT2D eigenvalue weighted by atomic mass is 32.1. The normalized spacial score (nSPS) is 13.0. The van der Waals surface area contributed by atoms with E-state index in [9.17, 15) is 14.4 Å². The fourth-order valence-electron chi connectivity index (χ4n) is 2.74. The predicted molar refractivity (Wildman–Crippen MR) is 112 cm³/mol. The largest absolute Gasteiger partial charge is 0.453 e. The Morgan fingerprint density at radius 1 is 1.17 bits per heavy atom. The monoisotopic (exact) mass is 414 g/mol. The third-order valence-corrected chi connectivity index (χ3v) is 5.57. The van der Waals surface area contributed by atoms with Crippen molar-refractivity contribution in [2.75, 3.05) is 5.32 Å². The van der Waals surface area contributed by atoms with E-state index >= 15 is 0 Å². The van der Waals surface area contributed by atoms with E-state index in [1.54, 1.807) is 31.2 Å². The minimum absolute atomic E-state index is 0.261. The van der Waals surface area contributed by atoms with Gasteiger partial charge in [0.2, 0.25) is 0 Å². The van der Waals surface area contributed by atoms with Gasteiger partial charge in [0.05, 0.1) is 5.39 Å². The Hall–Kier alpha value is -3.20. The summed E-state index contributed by atoms with van der Waals surface area (Å²) in [6.45, 7) is 6.94. The van der Waals surface area contributed by atoms with Crippen molar-refractivity contribution in [1.29, 1.82) is 0 Å². The number of nitrogens with zero attached hydrogens (tertiary/aromatic N) is 1. The summed E-state index contributed by atoms with van der Waals surface area (Å²) in [5, 5.41) is 5.71. The number of benzene rings is 1. The lowest BCUT2D eigenvalue weighted by Gasteiger charge is -2.17. The topological polar surface area (TPSA) is 113 Å². The molecule has 0 aliphatic carbocycles. The van der Waals surface area contributed by atoms with Crippen LogP contribution in [0.3, 0.4) is 0 Å². The zero-order valence-electron chi connectivity index (χ0n) is 16.5. The van der Waals surface area contributed by atoms with E-state index < -0.39 is 24.1 Å². The fraction of sp³-hybridized carbons (Fsp3) is 0.300. The van der Waals surface area contributed by atoms with Crippen LogP contribution in [0.15, 0.2) is 35.1 Å². The van der Waals surface area contributed by atoms with Crippen LogP contribution < -0.4 is 16.2 Å². The number of anilines is 1. The number of aryl methyl sites for hydroxylation is 2. The number of hydrogen-bond donors (Lipinski definition) is 3. The Morgan fingerprint density at radius 2 is 1.86 bits per heavy atom. The van der Waals surface area contributed by atoms with Crippen LogP contribution in [0.1, 0.15) is 36.2 Å². The molecular weight excluding hydrogens is 392 g/mol. The van der Waals surface area contributed by atoms with Crippen LogP contribution >= 0.6 is 11.3 Å². The molecule has 152 valence electrons. The highest BCUT2D eigenvalue weighted by molar-refractivity contribution is 7.18. The lowest BCUT2D eigenvalue weighted by molar-refractivity contribution is -0.150. The molecule has 8 nitrogen and oxygen atoms in total. The molecule has 3 N–H and O–H groups in total. The molecule has 0 radical (unpaired) electrons. The second kappa shape index (κ2) is 8.44. The molecule has 2 atom stereocenters. The molecule has 0 spiro atoms. The highest BCUT2D eigenvalue weighted by Gasteiger charge is 2.22. The van der Waals surface area contributed by atoms with Gasteiger partial charge in [-0.15, -0.1) is 11.3 Å². The van der Waals surface area contributed by atoms with Gasteiger partial charge in [-0.05, 0) is 45.4 Å². The maximum Gasteiger partial charge on any atom is 0.329 e. The van der Waals surface area contributed by atoms with E-state index in [2.05, 4.69) is 20.6 Å². The molecule has 3 rings (SSSR count). The summed E-state index contributed by atoms with van der Waals surface area (Å²) in [5.74, 6) is -0.375. The van der Waals surface area contributed by atoms with Gasteiger partial charge >= 0.3 is 12.0 Å². The first-order valence-corrected chi connectivity index (χ1v) is 9.91. The van der Waals surface area contributed by atoms with Crippen LogP contribution in [0.4, 0.5) is 10.5 Å². The third-order valence-electron chi connectivity index (χ3n) is 4.47. The molecule has 2 amide bonds. The van der Waals surface area contributed by atoms with Crippen LogP contribution in [0.5, 0.6) is 0 Å². The maximum atomic E-state index is 12.4. The SMILES string of the molecule is Cc1sc2nc([C@@H](C)OC(=O)[C@H](C)NC(=O)Nc3ccccc3)[nH]c(=O)c2c1C. The van der Waals surface area contributed by atoms with E-state index in [0.717, 1.165) is 10.4 Å². The van der Waals surface area contributed by atoms with Crippen LogP contribution in [-0.4, -0.2) is 28.0 Å². The van der Waals surface area contributed by atoms with Crippen molar-refractivity contribution >= 4 is 39.2 Å². The van der Waals surface area contributed by atoms with Crippen LogP contribution in [-0.2, 0) is 9.53 Å². The van der Waals surface area contributed by atoms with E-state index in [1.807, 2.05) is 19.9 Å². The van der Waals surface area contributed by atoms with E-state index in [1.165, 1.54) is 18.3 Å². The minimum Gasteiger partial charge on any atom is -0.453 e. The average molecular weight is 414 g/mol. The van der Waals surface area contributed by atoms with Crippen molar-refractivity contribution in [3.05, 3.63) is 57.0 Å². The maximum absolute atomic E-state index is 12.4. The van der Waals surface area contributed by atoms with Gasteiger partial charge in [0.25, 0.3) is 5.56 Å². The number of aromatic nitrogens is 2. The van der Waals surface area contributed by atoms with Gasteiger partial charge in [0.15, 0.2) is 11.9 Å². The molecule has 29 heavy (non-hydrogen) atoms. The zero-order chi connectivity index (χ0) is 21.1. The fourth-order valence-corrected chi connectivity index (χ4v) is 3.78. The van der Waals surface area contributed by atoms with Crippen molar-refractivity contribution in [3.63, 3.8) is 0 Å². The van der Waals surface area contributed by atoms with Gasteiger partial charge in [-0.2, -0.15) is 0 Å². The molecule has 0 saturated carbocycles. The molecule has 2 aromatic heterocycles. The molecular formula is C20H22N4O4S. The summed E-state index contributed by atoms with van der Waals surface area (Å²) in [6.07, 6.45) is -0.774. The smallest absolute Gasteiger partial charge is 0.329 e. The molecule has 0 aliphatic heterocycles. The summed E-state index contributed by atoms with van der Waals surface area (Å²) >= 11 is 1.42. The van der Waals surface area contributed by atoms with Crippen molar-refractivity contribution in [1.82, 2.24) is 15.3 Å². The van der Waals surface area contributed by atoms with Gasteiger partial charge < -0.3 is 20.4 Å². The number of fused-ring (bicyclic) bond motifs is 1. The van der Waals surface area contributed by atoms with Gasteiger partial charge in [-0.1, -0.05) is 18.2 Å². The number of urea groups is 1. The summed E-state index contributed by atoms with van der Waals surface area (Å²) in [5.41, 5.74) is 1.25. The molecule has 9 heteroatoms. The summed E-state index contributed by atoms with van der Waals surface area (Å²) < 4.78 is 5.38. The van der Waals surface area contributed by atoms with Crippen LogP contribution in [0.2, 0.25) is 0 Å². The first-order chi connectivity index (χ1) is 13.8. The highest BCUT2D eigenvalue weighted by Crippen LogP contribution is 2.26. The minimum atomic E-state index is -0.886. The number of aromatic amines is 1. The number of ether oxygens (including phenoxy) is 1. The lowest BCUT2D eigenvalue weighted by Crippen LogP contribution is -2.42. The summed E-state index contributed by atoms with van der Waals surface area (Å²) in [4.78, 5) is 45.5. The zero-order valence-corrected chi connectivity index (χ0v) is 17.3. The van der Waals surface area contributed by atoms with Crippen molar-refractivity contribution in [2.24, 2.45) is 0 Å². The predicted octanol–water partition coefficient (Wildman–Crippen LogP) is 3.42. The number of amides is 2. The Balaban J connectivity index is 1.64. The number of esters is 1. The van der Waals surface area contributed by atoms with Gasteiger partial charge in [0.1, 0.15) is 10.9 Å². The second-order valence-electron chi connectivity index (χ2n) is 6.68. The standard InChI is InChI=1S/C20H22N4O4S/c1-10-13(4)29-18-15(10)17(25)23-16(24-18)12(3)28-19(26)11(2)21-20(27)22-14-8-6-5-7-9-14/h5-9,11-12H,1-4H3,(H2,21,22,27)(H,23,24,25)/t11-,12+/m0/s1. The average Bonchev–Trinajstić information content (AvgIpc) is 2.96. The quantitative estimate of drug-likeness (QED) is 0.554. The molecule has 3 aromatic rings. The molecule has 0 aliphatic rings. The van der Waals surface area contributed by atoms with Gasteiger partial charge in [-0.25, -0.2) is 14.6 Å². The van der Waals surface area contributed by atoms with Crippen molar-refractivity contribution in [3.8, 4) is 0 Å². The Morgan fingerprint density at radius 3 is 2.55 bits per heavy atom. The number of carbonyl (C=O) groups is 2. The Kier molecular flexibility index (Phi) is 5.97. The van der Waals surface area contributed by atoms with E-state index in [4.69, 9.17) is 4.74 Å². The number of H-pyrrole nitrogens is 1. The van der Waals surface area contributed by atoms with Crippen LogP contribution in [0.25, 0.3) is 10.2 Å². The van der Waals surface area contributed by atoms with Crippen LogP contribution in [0, 0.1) is 13.8 Å². The number of thiophene rings is 1. The Bertz CT molecular complexity index is 1110. The number of para-hydroxylation sites is 1. The number of carbonyl (C=O) groups excluding carboxylic acids is 2. The number of rotatable bonds is 5. The van der Waals surface area contributed by atoms with E-state index in [0.29, 0.717) is 15.9 Å². The van der Waals surface area contributed by atoms with Gasteiger partial charge in [-0.3, -0.25) is 4.79 Å². The molecule has 0 saturated heterocycles. The summed E-state index contributed by atoms with van der Waals surface area (Å²) in [7, 11) is 0. The molecule has 0 bridgehead atoms. The van der Waals surface area contributed by atoms with Gasteiger partial charge in [0, 0.05) is 10.6 Å². The van der Waals surface area contributed by atoms with E-state index in [-0.39, 0.29) is 11.4 Å².